The maximum absolute atomic E-state index is 13.6. The van der Waals surface area contributed by atoms with Gasteiger partial charge in [-0.2, -0.15) is 14.6 Å². The average molecular weight is 276 g/mol. The van der Waals surface area contributed by atoms with E-state index in [0.29, 0.717) is 11.5 Å². The summed E-state index contributed by atoms with van der Waals surface area (Å²) in [6, 6.07) is 4.87. The van der Waals surface area contributed by atoms with Gasteiger partial charge in [-0.25, -0.2) is 13.8 Å². The largest absolute Gasteiger partial charge is 0.481 e. The zero-order valence-electron chi connectivity index (χ0n) is 10.5. The average Bonchev–Trinajstić information content (AvgIpc) is 2.90. The molecule has 0 fully saturated rings. The fourth-order valence-corrected chi connectivity index (χ4v) is 1.89. The molecule has 1 atom stereocenters. The van der Waals surface area contributed by atoms with Crippen molar-refractivity contribution in [3.8, 4) is 5.75 Å². The van der Waals surface area contributed by atoms with Crippen LogP contribution in [0.1, 0.15) is 18.7 Å². The molecule has 0 unspecified atom stereocenters. The summed E-state index contributed by atoms with van der Waals surface area (Å²) in [6.45, 7) is 1.74. The van der Waals surface area contributed by atoms with Crippen LogP contribution in [0.4, 0.5) is 8.78 Å². The third-order valence-electron chi connectivity index (χ3n) is 2.82. The van der Waals surface area contributed by atoms with Gasteiger partial charge in [0.15, 0.2) is 11.6 Å². The van der Waals surface area contributed by atoms with Gasteiger partial charge >= 0.3 is 0 Å². The molecular formula is C13H10F2N4O. The van der Waals surface area contributed by atoms with Crippen molar-refractivity contribution in [1.82, 2.24) is 19.6 Å². The number of hydrogen-bond acceptors (Lipinski definition) is 4. The third kappa shape index (κ3) is 2.18. The molecule has 0 N–H and O–H groups in total. The van der Waals surface area contributed by atoms with Crippen molar-refractivity contribution in [2.45, 2.75) is 13.0 Å². The zero-order chi connectivity index (χ0) is 14.1. The van der Waals surface area contributed by atoms with Crippen LogP contribution in [0.2, 0.25) is 0 Å². The molecule has 0 saturated heterocycles. The predicted octanol–water partition coefficient (Wildman–Crippen LogP) is 2.54. The van der Waals surface area contributed by atoms with Crippen molar-refractivity contribution >= 4 is 5.78 Å². The molecular weight excluding hydrogens is 266 g/mol. The van der Waals surface area contributed by atoms with Gasteiger partial charge in [-0.05, 0) is 25.1 Å². The predicted molar refractivity (Wildman–Crippen MR) is 66.2 cm³/mol. The Hall–Kier alpha value is -2.57. The van der Waals surface area contributed by atoms with E-state index >= 15 is 0 Å². The number of fused-ring (bicyclic) bond motifs is 1. The summed E-state index contributed by atoms with van der Waals surface area (Å²) < 4.78 is 33.4. The summed E-state index contributed by atoms with van der Waals surface area (Å²) >= 11 is 0. The Labute approximate surface area is 112 Å². The fraction of sp³-hybridized carbons (Fsp3) is 0.154. The molecule has 3 rings (SSSR count). The minimum atomic E-state index is -0.749. The molecule has 0 saturated carbocycles. The number of halogens is 2. The van der Waals surface area contributed by atoms with E-state index in [1.807, 2.05) is 0 Å². The highest BCUT2D eigenvalue weighted by Crippen LogP contribution is 2.24. The molecule has 2 aromatic heterocycles. The Morgan fingerprint density at radius 2 is 2.05 bits per heavy atom. The highest BCUT2D eigenvalue weighted by molar-refractivity contribution is 5.29. The lowest BCUT2D eigenvalue weighted by Crippen LogP contribution is -2.10. The van der Waals surface area contributed by atoms with Gasteiger partial charge < -0.3 is 4.74 Å². The van der Waals surface area contributed by atoms with Crippen LogP contribution >= 0.6 is 0 Å². The summed E-state index contributed by atoms with van der Waals surface area (Å²) in [7, 11) is 0. The number of rotatable bonds is 3. The van der Waals surface area contributed by atoms with Crippen LogP contribution in [0.15, 0.2) is 36.8 Å². The van der Waals surface area contributed by atoms with Gasteiger partial charge in [0.05, 0.1) is 5.69 Å². The number of ether oxygens (including phenoxy) is 1. The topological polar surface area (TPSA) is 52.3 Å². The number of hydrogen-bond donors (Lipinski definition) is 0. The van der Waals surface area contributed by atoms with Crippen LogP contribution in [0.5, 0.6) is 5.75 Å². The van der Waals surface area contributed by atoms with Crippen molar-refractivity contribution in [1.29, 1.82) is 0 Å². The first-order chi connectivity index (χ1) is 9.65. The van der Waals surface area contributed by atoms with Crippen LogP contribution in [-0.4, -0.2) is 19.6 Å². The first-order valence-corrected chi connectivity index (χ1v) is 5.91. The summed E-state index contributed by atoms with van der Waals surface area (Å²) in [5.74, 6) is -0.993. The Morgan fingerprint density at radius 1 is 1.20 bits per heavy atom. The minimum absolute atomic E-state index is 0.0241. The SMILES string of the molecule is C[C@H](Oc1ccc(F)cc1F)c1ccnc2ncnn12. The molecule has 102 valence electrons. The van der Waals surface area contributed by atoms with Crippen LogP contribution < -0.4 is 4.74 Å². The molecule has 0 bridgehead atoms. The van der Waals surface area contributed by atoms with Crippen LogP contribution in [0.3, 0.4) is 0 Å². The summed E-state index contributed by atoms with van der Waals surface area (Å²) in [4.78, 5) is 7.99. The first kappa shape index (κ1) is 12.5. The summed E-state index contributed by atoms with van der Waals surface area (Å²) in [6.07, 6.45) is 2.44. The molecule has 0 spiro atoms. The quantitative estimate of drug-likeness (QED) is 0.737. The molecule has 0 amide bonds. The highest BCUT2D eigenvalue weighted by atomic mass is 19.1. The molecule has 0 radical (unpaired) electrons. The van der Waals surface area contributed by atoms with Crippen LogP contribution in [0.25, 0.3) is 5.78 Å². The van der Waals surface area contributed by atoms with Crippen molar-refractivity contribution < 1.29 is 13.5 Å². The lowest BCUT2D eigenvalue weighted by Gasteiger charge is -2.15. The minimum Gasteiger partial charge on any atom is -0.481 e. The van der Waals surface area contributed by atoms with Crippen LogP contribution in [-0.2, 0) is 0 Å². The molecule has 20 heavy (non-hydrogen) atoms. The van der Waals surface area contributed by atoms with Gasteiger partial charge in [0, 0.05) is 12.3 Å². The molecule has 7 heteroatoms. The highest BCUT2D eigenvalue weighted by Gasteiger charge is 2.15. The van der Waals surface area contributed by atoms with E-state index in [9.17, 15) is 8.78 Å². The van der Waals surface area contributed by atoms with Crippen molar-refractivity contribution in [3.05, 3.63) is 54.1 Å². The maximum atomic E-state index is 13.6. The van der Waals surface area contributed by atoms with Gasteiger partial charge in [0.2, 0.25) is 0 Å². The molecule has 0 aliphatic rings. The Balaban J connectivity index is 1.93. The van der Waals surface area contributed by atoms with Crippen molar-refractivity contribution in [2.75, 3.05) is 0 Å². The molecule has 2 heterocycles. The van der Waals surface area contributed by atoms with Crippen molar-refractivity contribution in [2.24, 2.45) is 0 Å². The maximum Gasteiger partial charge on any atom is 0.252 e. The summed E-state index contributed by atoms with van der Waals surface area (Å²) in [5.41, 5.74) is 0.663. The standard InChI is InChI=1S/C13H10F2N4O/c1-8(20-12-3-2-9(14)6-10(12)15)11-4-5-16-13-17-7-18-19(11)13/h2-8H,1H3/t8-/m0/s1. The molecule has 0 aliphatic heterocycles. The molecule has 1 aromatic carbocycles. The Morgan fingerprint density at radius 3 is 2.85 bits per heavy atom. The van der Waals surface area contributed by atoms with Gasteiger partial charge in [-0.3, -0.25) is 0 Å². The Kier molecular flexibility index (Phi) is 3.02. The second-order valence-electron chi connectivity index (χ2n) is 4.18. The van der Waals surface area contributed by atoms with Crippen LogP contribution in [0, 0.1) is 11.6 Å². The number of nitrogens with zero attached hydrogens (tertiary/aromatic N) is 4. The lowest BCUT2D eigenvalue weighted by molar-refractivity contribution is 0.208. The van der Waals surface area contributed by atoms with Crippen molar-refractivity contribution in [3.63, 3.8) is 0 Å². The van der Waals surface area contributed by atoms with E-state index in [0.717, 1.165) is 12.1 Å². The van der Waals surface area contributed by atoms with Gasteiger partial charge in [-0.1, -0.05) is 0 Å². The third-order valence-corrected chi connectivity index (χ3v) is 2.82. The van der Waals surface area contributed by atoms with Gasteiger partial charge in [0.1, 0.15) is 18.2 Å². The number of benzene rings is 1. The zero-order valence-corrected chi connectivity index (χ0v) is 10.5. The first-order valence-electron chi connectivity index (χ1n) is 5.91. The van der Waals surface area contributed by atoms with E-state index in [1.54, 1.807) is 19.2 Å². The fourth-order valence-electron chi connectivity index (χ4n) is 1.89. The second-order valence-corrected chi connectivity index (χ2v) is 4.18. The lowest BCUT2D eigenvalue weighted by atomic mass is 10.2. The number of aromatic nitrogens is 4. The monoisotopic (exact) mass is 276 g/mol. The molecule has 0 aliphatic carbocycles. The van der Waals surface area contributed by atoms with E-state index in [-0.39, 0.29) is 5.75 Å². The molecule has 3 aromatic rings. The molecule has 5 nitrogen and oxygen atoms in total. The van der Waals surface area contributed by atoms with E-state index in [2.05, 4.69) is 15.1 Å². The second kappa shape index (κ2) is 4.84. The summed E-state index contributed by atoms with van der Waals surface area (Å²) in [5, 5.41) is 4.03. The van der Waals surface area contributed by atoms with Gasteiger partial charge in [-0.15, -0.1) is 0 Å². The smallest absolute Gasteiger partial charge is 0.252 e. The normalized spacial score (nSPS) is 12.6. The Bertz CT molecular complexity index is 759. The van der Waals surface area contributed by atoms with E-state index < -0.39 is 17.7 Å². The van der Waals surface area contributed by atoms with E-state index in [4.69, 9.17) is 4.74 Å². The van der Waals surface area contributed by atoms with E-state index in [1.165, 1.54) is 16.9 Å². The van der Waals surface area contributed by atoms with Gasteiger partial charge in [0.25, 0.3) is 5.78 Å².